The van der Waals surface area contributed by atoms with E-state index in [1.54, 1.807) is 0 Å². The first-order valence-electron chi connectivity index (χ1n) is 6.92. The zero-order valence-corrected chi connectivity index (χ0v) is 13.1. The summed E-state index contributed by atoms with van der Waals surface area (Å²) in [4.78, 5) is 0. The van der Waals surface area contributed by atoms with Crippen LogP contribution in [0.4, 0.5) is 0 Å². The van der Waals surface area contributed by atoms with Crippen LogP contribution in [0, 0.1) is 5.41 Å². The summed E-state index contributed by atoms with van der Waals surface area (Å²) >= 11 is 3.40. The monoisotopic (exact) mass is 326 g/mol. The van der Waals surface area contributed by atoms with Gasteiger partial charge >= 0.3 is 0 Å². The number of hydrogen-bond donors (Lipinski definition) is 2. The van der Waals surface area contributed by atoms with E-state index in [4.69, 9.17) is 15.9 Å². The van der Waals surface area contributed by atoms with E-state index in [0.29, 0.717) is 5.56 Å². The molecule has 4 heteroatoms. The van der Waals surface area contributed by atoms with E-state index in [1.165, 1.54) is 32.1 Å². The van der Waals surface area contributed by atoms with Crippen LogP contribution < -0.4 is 10.5 Å². The lowest BCUT2D eigenvalue weighted by Crippen LogP contribution is -2.11. The van der Waals surface area contributed by atoms with E-state index >= 15 is 0 Å². The van der Waals surface area contributed by atoms with Crippen molar-refractivity contribution in [2.45, 2.75) is 45.4 Å². The lowest BCUT2D eigenvalue weighted by Gasteiger charge is -2.08. The molecule has 106 valence electrons. The second kappa shape index (κ2) is 8.97. The summed E-state index contributed by atoms with van der Waals surface area (Å²) in [7, 11) is 0. The van der Waals surface area contributed by atoms with Gasteiger partial charge < -0.3 is 10.5 Å². The Kier molecular flexibility index (Phi) is 7.56. The lowest BCUT2D eigenvalue weighted by molar-refractivity contribution is 0.304. The summed E-state index contributed by atoms with van der Waals surface area (Å²) in [6.07, 6.45) is 7.56. The number of benzene rings is 1. The normalized spacial score (nSPS) is 10.4. The first-order chi connectivity index (χ1) is 9.15. The molecule has 0 amide bonds. The molecule has 0 atom stereocenters. The van der Waals surface area contributed by atoms with Crippen LogP contribution in [0.25, 0.3) is 0 Å². The van der Waals surface area contributed by atoms with Gasteiger partial charge in [0.1, 0.15) is 11.6 Å². The molecular weight excluding hydrogens is 304 g/mol. The number of nitrogens with two attached hydrogens (primary N) is 1. The average Bonchev–Trinajstić information content (AvgIpc) is 2.37. The highest BCUT2D eigenvalue weighted by Crippen LogP contribution is 2.23. The van der Waals surface area contributed by atoms with Crippen LogP contribution in [0.15, 0.2) is 22.7 Å². The van der Waals surface area contributed by atoms with Gasteiger partial charge in [0.2, 0.25) is 0 Å². The number of ether oxygens (including phenoxy) is 1. The van der Waals surface area contributed by atoms with Gasteiger partial charge in [-0.15, -0.1) is 0 Å². The molecule has 0 aliphatic rings. The molecule has 0 spiro atoms. The Bertz CT molecular complexity index is 407. The fourth-order valence-corrected chi connectivity index (χ4v) is 2.45. The molecule has 0 saturated heterocycles. The standard InChI is InChI=1S/C15H23BrN2O/c1-2-3-4-5-6-7-10-19-12-8-9-13(15(17)18)14(16)11-12/h8-9,11H,2-7,10H2,1H3,(H3,17,18). The lowest BCUT2D eigenvalue weighted by atomic mass is 10.1. The Morgan fingerprint density at radius 2 is 1.89 bits per heavy atom. The molecule has 0 bridgehead atoms. The molecule has 3 nitrogen and oxygen atoms in total. The van der Waals surface area contributed by atoms with Crippen LogP contribution in [0.3, 0.4) is 0 Å². The average molecular weight is 327 g/mol. The fraction of sp³-hybridized carbons (Fsp3) is 0.533. The maximum Gasteiger partial charge on any atom is 0.123 e. The van der Waals surface area contributed by atoms with Gasteiger partial charge in [0.05, 0.1) is 6.61 Å². The van der Waals surface area contributed by atoms with Crippen molar-refractivity contribution < 1.29 is 4.74 Å². The predicted octanol–water partition coefficient (Wildman–Crippen LogP) is 4.47. The minimum atomic E-state index is 0.0642. The van der Waals surface area contributed by atoms with Crippen LogP contribution in [-0.2, 0) is 0 Å². The minimum absolute atomic E-state index is 0.0642. The molecule has 0 fully saturated rings. The third-order valence-corrected chi connectivity index (χ3v) is 3.65. The highest BCUT2D eigenvalue weighted by atomic mass is 79.9. The van der Waals surface area contributed by atoms with Crippen molar-refractivity contribution in [2.24, 2.45) is 5.73 Å². The van der Waals surface area contributed by atoms with Crippen LogP contribution in [0.5, 0.6) is 5.75 Å². The van der Waals surface area contributed by atoms with Crippen molar-refractivity contribution >= 4 is 21.8 Å². The molecule has 0 radical (unpaired) electrons. The number of hydrogen-bond acceptors (Lipinski definition) is 2. The molecule has 0 unspecified atom stereocenters. The largest absolute Gasteiger partial charge is 0.494 e. The van der Waals surface area contributed by atoms with E-state index in [0.717, 1.165) is 23.2 Å². The summed E-state index contributed by atoms with van der Waals surface area (Å²) < 4.78 is 6.49. The number of nitrogen functional groups attached to an aromatic ring is 1. The van der Waals surface area contributed by atoms with Crippen LogP contribution in [0.1, 0.15) is 51.0 Å². The van der Waals surface area contributed by atoms with Gasteiger partial charge in [-0.25, -0.2) is 0 Å². The molecule has 0 aliphatic heterocycles. The zero-order chi connectivity index (χ0) is 14.1. The quantitative estimate of drug-likeness (QED) is 0.399. The Labute approximate surface area is 124 Å². The van der Waals surface area contributed by atoms with E-state index < -0.39 is 0 Å². The molecule has 0 aliphatic carbocycles. The second-order valence-electron chi connectivity index (χ2n) is 4.67. The van der Waals surface area contributed by atoms with E-state index in [9.17, 15) is 0 Å². The molecule has 1 aromatic carbocycles. The first-order valence-corrected chi connectivity index (χ1v) is 7.71. The van der Waals surface area contributed by atoms with Gasteiger partial charge in [0.25, 0.3) is 0 Å². The summed E-state index contributed by atoms with van der Waals surface area (Å²) in [6.45, 7) is 2.98. The van der Waals surface area contributed by atoms with Crippen molar-refractivity contribution in [2.75, 3.05) is 6.61 Å². The number of nitrogens with one attached hydrogen (secondary N) is 1. The SMILES string of the molecule is CCCCCCCCOc1ccc(C(=N)N)c(Br)c1. The van der Waals surface area contributed by atoms with Crippen molar-refractivity contribution in [3.05, 3.63) is 28.2 Å². The number of rotatable bonds is 9. The smallest absolute Gasteiger partial charge is 0.123 e. The second-order valence-corrected chi connectivity index (χ2v) is 5.53. The summed E-state index contributed by atoms with van der Waals surface area (Å²) in [5.74, 6) is 0.889. The highest BCUT2D eigenvalue weighted by Gasteiger charge is 2.04. The van der Waals surface area contributed by atoms with Crippen LogP contribution in [-0.4, -0.2) is 12.4 Å². The molecule has 1 aromatic rings. The molecule has 0 saturated carbocycles. The van der Waals surface area contributed by atoms with E-state index in [2.05, 4.69) is 22.9 Å². The minimum Gasteiger partial charge on any atom is -0.494 e. The van der Waals surface area contributed by atoms with E-state index in [-0.39, 0.29) is 5.84 Å². The van der Waals surface area contributed by atoms with Gasteiger partial charge in [-0.2, -0.15) is 0 Å². The Morgan fingerprint density at radius 1 is 1.21 bits per heavy atom. The molecule has 1 rings (SSSR count). The van der Waals surface area contributed by atoms with Gasteiger partial charge in [-0.1, -0.05) is 39.0 Å². The third kappa shape index (κ3) is 6.10. The number of halogens is 1. The predicted molar refractivity (Wildman–Crippen MR) is 84.0 cm³/mol. The van der Waals surface area contributed by atoms with Crippen molar-refractivity contribution in [1.29, 1.82) is 5.41 Å². The van der Waals surface area contributed by atoms with Crippen LogP contribution in [0.2, 0.25) is 0 Å². The van der Waals surface area contributed by atoms with Gasteiger partial charge in [-0.3, -0.25) is 5.41 Å². The summed E-state index contributed by atoms with van der Waals surface area (Å²) in [5, 5.41) is 7.40. The maximum atomic E-state index is 7.40. The third-order valence-electron chi connectivity index (χ3n) is 3.00. The van der Waals surface area contributed by atoms with Gasteiger partial charge in [0.15, 0.2) is 0 Å². The van der Waals surface area contributed by atoms with Crippen molar-refractivity contribution in [1.82, 2.24) is 0 Å². The Morgan fingerprint density at radius 3 is 2.53 bits per heavy atom. The molecule has 3 N–H and O–H groups in total. The number of unbranched alkanes of at least 4 members (excludes halogenated alkanes) is 5. The Balaban J connectivity index is 2.26. The fourth-order valence-electron chi connectivity index (χ4n) is 1.88. The zero-order valence-electron chi connectivity index (χ0n) is 11.5. The molecular formula is C15H23BrN2O. The topological polar surface area (TPSA) is 59.1 Å². The van der Waals surface area contributed by atoms with Crippen molar-refractivity contribution in [3.8, 4) is 5.75 Å². The number of amidine groups is 1. The van der Waals surface area contributed by atoms with Crippen LogP contribution >= 0.6 is 15.9 Å². The summed E-state index contributed by atoms with van der Waals surface area (Å²) in [5.41, 5.74) is 6.16. The molecule has 0 aromatic heterocycles. The van der Waals surface area contributed by atoms with E-state index in [1.807, 2.05) is 18.2 Å². The Hall–Kier alpha value is -1.03. The van der Waals surface area contributed by atoms with Gasteiger partial charge in [-0.05, 0) is 40.5 Å². The molecule has 19 heavy (non-hydrogen) atoms. The maximum absolute atomic E-state index is 7.40. The molecule has 0 heterocycles. The first kappa shape index (κ1) is 16.0. The highest BCUT2D eigenvalue weighted by molar-refractivity contribution is 9.10. The van der Waals surface area contributed by atoms with Crippen molar-refractivity contribution in [3.63, 3.8) is 0 Å². The van der Waals surface area contributed by atoms with Gasteiger partial charge in [0, 0.05) is 10.0 Å². The summed E-state index contributed by atoms with van der Waals surface area (Å²) in [6, 6.07) is 5.54.